The van der Waals surface area contributed by atoms with Crippen LogP contribution < -0.4 is 0 Å². The Morgan fingerprint density at radius 1 is 0.548 bits per heavy atom. The van der Waals surface area contributed by atoms with Crippen LogP contribution in [0.3, 0.4) is 0 Å². The van der Waals surface area contributed by atoms with Gasteiger partial charge in [-0.25, -0.2) is 0 Å². The van der Waals surface area contributed by atoms with Crippen molar-refractivity contribution < 1.29 is 24.4 Å². The first-order valence-corrected chi connectivity index (χ1v) is 11.6. The van der Waals surface area contributed by atoms with E-state index in [0.29, 0.717) is 23.7 Å². The van der Waals surface area contributed by atoms with Gasteiger partial charge < -0.3 is 24.4 Å². The number of rotatable bonds is 8. The highest BCUT2D eigenvalue weighted by molar-refractivity contribution is 5.91. The summed E-state index contributed by atoms with van der Waals surface area (Å²) in [6, 6.07) is 0. The summed E-state index contributed by atoms with van der Waals surface area (Å²) in [7, 11) is 1.15. The maximum absolute atomic E-state index is 10.3. The maximum atomic E-state index is 10.3. The quantitative estimate of drug-likeness (QED) is 0.370. The lowest BCUT2D eigenvalue weighted by molar-refractivity contribution is -0.118. The van der Waals surface area contributed by atoms with Crippen LogP contribution in [0, 0.1) is 23.7 Å². The average Bonchev–Trinajstić information content (AvgIpc) is 2.43. The summed E-state index contributed by atoms with van der Waals surface area (Å²) in [6.07, 6.45) is 2.89. The van der Waals surface area contributed by atoms with E-state index in [1.807, 2.05) is 55.4 Å². The van der Waals surface area contributed by atoms with Crippen molar-refractivity contribution in [3.8, 4) is 0 Å². The Bertz CT molecular complexity index is 393. The number of hydrogen-bond donors (Lipinski definition) is 1. The first kappa shape index (κ1) is 39.9. The molecule has 7 heteroatoms. The minimum Gasteiger partial charge on any atom is -0.422 e. The average molecular weight is 462 g/mol. The Kier molecular flexibility index (Phi) is 36.7. The van der Waals surface area contributed by atoms with Gasteiger partial charge in [-0.1, -0.05) is 55.4 Å². The van der Waals surface area contributed by atoms with E-state index >= 15 is 0 Å². The first-order chi connectivity index (χ1) is 13.9. The molecule has 0 unspecified atom stereocenters. The maximum Gasteiger partial charge on any atom is 0.148 e. The van der Waals surface area contributed by atoms with Crippen LogP contribution in [0.25, 0.3) is 0 Å². The number of carbonyl (C=O) groups excluding carboxylic acids is 4. The molecule has 1 N–H and O–H groups in total. The van der Waals surface area contributed by atoms with E-state index in [-0.39, 0.29) is 23.1 Å². The van der Waals surface area contributed by atoms with Gasteiger partial charge >= 0.3 is 0 Å². The largest absolute Gasteiger partial charge is 0.422 e. The highest BCUT2D eigenvalue weighted by atomic mass is 28.1. The first-order valence-electron chi connectivity index (χ1n) is 11.0. The number of carbonyl (C=O) groups is 4. The second-order valence-electron chi connectivity index (χ2n) is 9.34. The molecule has 0 saturated heterocycles. The summed E-state index contributed by atoms with van der Waals surface area (Å²) in [6.45, 7) is 22.8. The standard InChI is InChI=1S/4C6H12O.H3NOSi/c4*1-5(2)4-6(3)7;2-1-3/h4*5H,4H2,1-3H3;2H,3H2. The molecule has 0 aliphatic heterocycles. The van der Waals surface area contributed by atoms with Crippen LogP contribution in [0.5, 0.6) is 0 Å². The van der Waals surface area contributed by atoms with Crippen molar-refractivity contribution in [1.29, 1.82) is 0 Å². The molecule has 0 radical (unpaired) electrons. The smallest absolute Gasteiger partial charge is 0.148 e. The van der Waals surface area contributed by atoms with Crippen LogP contribution in [0.2, 0.25) is 0 Å². The van der Waals surface area contributed by atoms with Crippen LogP contribution in [0.4, 0.5) is 0 Å². The summed E-state index contributed by atoms with van der Waals surface area (Å²) in [5, 5.41) is 7.21. The van der Waals surface area contributed by atoms with Gasteiger partial charge in [0.25, 0.3) is 0 Å². The second-order valence-corrected chi connectivity index (χ2v) is 9.62. The lowest BCUT2D eigenvalue weighted by Crippen LogP contribution is -1.95. The van der Waals surface area contributed by atoms with E-state index in [1.54, 1.807) is 27.7 Å². The van der Waals surface area contributed by atoms with E-state index in [4.69, 9.17) is 5.21 Å². The minimum atomic E-state index is 0.287. The van der Waals surface area contributed by atoms with Gasteiger partial charge in [-0.05, 0) is 51.4 Å². The van der Waals surface area contributed by atoms with Crippen molar-refractivity contribution in [3.63, 3.8) is 0 Å². The van der Waals surface area contributed by atoms with Gasteiger partial charge in [-0.15, -0.1) is 0 Å². The third kappa shape index (κ3) is 95.2. The molecule has 0 rings (SSSR count). The predicted octanol–water partition coefficient (Wildman–Crippen LogP) is 5.68. The fourth-order valence-corrected chi connectivity index (χ4v) is 2.30. The van der Waals surface area contributed by atoms with E-state index in [2.05, 4.69) is 4.80 Å². The van der Waals surface area contributed by atoms with Gasteiger partial charge in [-0.2, -0.15) is 4.80 Å². The van der Waals surface area contributed by atoms with Crippen molar-refractivity contribution >= 4 is 33.2 Å². The number of Topliss-reactive ketones (excluding diaryl/α,β-unsaturated/α-hetero) is 4. The molecule has 0 saturated carbocycles. The molecule has 0 bridgehead atoms. The van der Waals surface area contributed by atoms with Crippen molar-refractivity contribution in [2.24, 2.45) is 28.5 Å². The molecule has 0 fully saturated rings. The van der Waals surface area contributed by atoms with E-state index < -0.39 is 0 Å². The Hall–Kier alpha value is -1.50. The number of hydrogen-bond acceptors (Lipinski definition) is 6. The SMILES string of the molecule is CC(=O)CC(C)C.CC(=O)CC(C)C.CC(=O)CC(C)C.CC(=O)CC(C)C.ON=[SiH2]. The highest BCUT2D eigenvalue weighted by Crippen LogP contribution is 1.99. The summed E-state index contributed by atoms with van der Waals surface area (Å²) >= 11 is 0. The third-order valence-electron chi connectivity index (χ3n) is 2.78. The monoisotopic (exact) mass is 461 g/mol. The molecule has 0 heterocycles. The van der Waals surface area contributed by atoms with Gasteiger partial charge in [0.2, 0.25) is 0 Å². The Morgan fingerprint density at radius 2 is 0.645 bits per heavy atom. The molecule has 6 nitrogen and oxygen atoms in total. The van der Waals surface area contributed by atoms with Crippen molar-refractivity contribution in [2.75, 3.05) is 0 Å². The molecule has 0 aromatic heterocycles. The molecule has 0 aliphatic carbocycles. The van der Waals surface area contributed by atoms with E-state index in [9.17, 15) is 19.2 Å². The number of ketones is 4. The Balaban J connectivity index is -0.0000000929. The molecular formula is C24H51NO5Si. The van der Waals surface area contributed by atoms with E-state index in [1.165, 1.54) is 0 Å². The van der Waals surface area contributed by atoms with Crippen molar-refractivity contribution in [1.82, 2.24) is 0 Å². The van der Waals surface area contributed by atoms with Crippen molar-refractivity contribution in [2.45, 2.75) is 109 Å². The lowest BCUT2D eigenvalue weighted by Gasteiger charge is -1.95. The summed E-state index contributed by atoms with van der Waals surface area (Å²) in [4.78, 5) is 43.5. The number of nitrogens with zero attached hydrogens (tertiary/aromatic N) is 1. The zero-order chi connectivity index (χ0) is 26.2. The van der Waals surface area contributed by atoms with E-state index in [0.717, 1.165) is 35.7 Å². The third-order valence-corrected chi connectivity index (χ3v) is 2.78. The fourth-order valence-electron chi connectivity index (χ4n) is 2.30. The molecule has 0 spiro atoms. The molecule has 186 valence electrons. The van der Waals surface area contributed by atoms with Crippen LogP contribution in [0.1, 0.15) is 109 Å². The molecule has 0 aromatic rings. The zero-order valence-electron chi connectivity index (χ0n) is 22.4. The minimum absolute atomic E-state index is 0.287. The topological polar surface area (TPSA) is 101 Å². The Labute approximate surface area is 195 Å². The highest BCUT2D eigenvalue weighted by Gasteiger charge is 1.97. The van der Waals surface area contributed by atoms with Crippen LogP contribution >= 0.6 is 0 Å². The van der Waals surface area contributed by atoms with Gasteiger partial charge in [-0.3, -0.25) is 0 Å². The predicted molar refractivity (Wildman–Crippen MR) is 133 cm³/mol. The second kappa shape index (κ2) is 28.5. The molecule has 0 atom stereocenters. The zero-order valence-corrected chi connectivity index (χ0v) is 23.8. The molecule has 0 amide bonds. The fraction of sp³-hybridized carbons (Fsp3) is 0.833. The van der Waals surface area contributed by atoms with Crippen LogP contribution in [0.15, 0.2) is 4.80 Å². The summed E-state index contributed by atoms with van der Waals surface area (Å²) < 4.78 is 0. The molecule has 0 aromatic carbocycles. The van der Waals surface area contributed by atoms with Gasteiger partial charge in [0.05, 0.1) is 0 Å². The van der Waals surface area contributed by atoms with Gasteiger partial charge in [0.1, 0.15) is 33.2 Å². The molecule has 0 aliphatic rings. The lowest BCUT2D eigenvalue weighted by atomic mass is 10.1. The van der Waals surface area contributed by atoms with Gasteiger partial charge in [0, 0.05) is 25.7 Å². The Morgan fingerprint density at radius 3 is 0.645 bits per heavy atom. The normalized spacial score (nSPS) is 9.16. The van der Waals surface area contributed by atoms with Gasteiger partial charge in [0.15, 0.2) is 0 Å². The summed E-state index contributed by atoms with van der Waals surface area (Å²) in [5.41, 5.74) is 0. The molecule has 31 heavy (non-hydrogen) atoms. The van der Waals surface area contributed by atoms with Crippen molar-refractivity contribution in [3.05, 3.63) is 0 Å². The summed E-state index contributed by atoms with van der Waals surface area (Å²) in [5.74, 6) is 3.25. The molecular weight excluding hydrogens is 410 g/mol. The van der Waals surface area contributed by atoms with Crippen LogP contribution in [-0.2, 0) is 19.2 Å². The van der Waals surface area contributed by atoms with Crippen LogP contribution in [-0.4, -0.2) is 38.4 Å².